The van der Waals surface area contributed by atoms with Gasteiger partial charge in [0.25, 0.3) is 0 Å². The van der Waals surface area contributed by atoms with Crippen molar-refractivity contribution in [2.75, 3.05) is 19.8 Å². The molecular formula is C29H46O11. The minimum Gasteiger partial charge on any atom is -0.481 e. The van der Waals surface area contributed by atoms with Crippen LogP contribution in [-0.4, -0.2) is 77.5 Å². The molecule has 3 aliphatic rings. The number of ether oxygens (including phenoxy) is 4. The number of rotatable bonds is 13. The van der Waals surface area contributed by atoms with E-state index in [0.29, 0.717) is 25.9 Å². The van der Waals surface area contributed by atoms with Crippen LogP contribution in [0.4, 0.5) is 0 Å². The average molecular weight is 571 g/mol. The fourth-order valence-corrected chi connectivity index (χ4v) is 6.79. The van der Waals surface area contributed by atoms with Crippen molar-refractivity contribution in [2.45, 2.75) is 104 Å². The van der Waals surface area contributed by atoms with E-state index in [1.54, 1.807) is 34.6 Å². The molecule has 228 valence electrons. The Labute approximate surface area is 235 Å². The quantitative estimate of drug-likeness (QED) is 0.220. The van der Waals surface area contributed by atoms with Crippen LogP contribution in [0.3, 0.4) is 0 Å². The van der Waals surface area contributed by atoms with Gasteiger partial charge < -0.3 is 34.3 Å². The Morgan fingerprint density at radius 2 is 1.65 bits per heavy atom. The average Bonchev–Trinajstić information content (AvgIpc) is 3.46. The molecular weight excluding hydrogens is 524 g/mol. The monoisotopic (exact) mass is 570 g/mol. The molecule has 8 unspecified atom stereocenters. The van der Waals surface area contributed by atoms with Gasteiger partial charge in [0.1, 0.15) is 12.7 Å². The summed E-state index contributed by atoms with van der Waals surface area (Å²) in [6.45, 7) is 7.91. The number of aliphatic hydroxyl groups excluding tert-OH is 2. The normalized spacial score (nSPS) is 31.1. The van der Waals surface area contributed by atoms with Gasteiger partial charge in [-0.1, -0.05) is 6.92 Å². The zero-order valence-electron chi connectivity index (χ0n) is 24.3. The van der Waals surface area contributed by atoms with Gasteiger partial charge in [0.05, 0.1) is 41.5 Å². The third-order valence-corrected chi connectivity index (χ3v) is 9.10. The zero-order chi connectivity index (χ0) is 29.9. The van der Waals surface area contributed by atoms with E-state index in [-0.39, 0.29) is 31.8 Å². The van der Waals surface area contributed by atoms with E-state index in [9.17, 15) is 29.4 Å². The summed E-state index contributed by atoms with van der Waals surface area (Å²) in [6, 6.07) is 0. The van der Waals surface area contributed by atoms with Crippen LogP contribution >= 0.6 is 0 Å². The highest BCUT2D eigenvalue weighted by Crippen LogP contribution is 2.52. The van der Waals surface area contributed by atoms with E-state index >= 15 is 0 Å². The minimum atomic E-state index is -1.39. The van der Waals surface area contributed by atoms with Crippen molar-refractivity contribution in [2.24, 2.45) is 34.0 Å². The highest BCUT2D eigenvalue weighted by atomic mass is 16.7. The Kier molecular flexibility index (Phi) is 10.3. The van der Waals surface area contributed by atoms with Gasteiger partial charge in [-0.15, -0.1) is 0 Å². The molecule has 8 atom stereocenters. The number of esters is 3. The van der Waals surface area contributed by atoms with E-state index in [0.717, 1.165) is 12.8 Å². The molecule has 0 spiro atoms. The summed E-state index contributed by atoms with van der Waals surface area (Å²) in [7, 11) is 0. The van der Waals surface area contributed by atoms with Gasteiger partial charge in [-0.2, -0.15) is 0 Å². The van der Waals surface area contributed by atoms with Gasteiger partial charge in [0, 0.05) is 12.3 Å². The molecule has 1 heterocycles. The largest absolute Gasteiger partial charge is 0.481 e. The molecule has 11 heteroatoms. The number of hydrogen-bond donors (Lipinski definition) is 3. The maximum atomic E-state index is 13.5. The number of aliphatic carboxylic acids is 1. The molecule has 0 aromatic rings. The summed E-state index contributed by atoms with van der Waals surface area (Å²) < 4.78 is 22.2. The van der Waals surface area contributed by atoms with Crippen molar-refractivity contribution in [3.8, 4) is 0 Å². The molecule has 0 aromatic heterocycles. The smallest absolute Gasteiger partial charge is 0.311 e. The maximum absolute atomic E-state index is 13.5. The van der Waals surface area contributed by atoms with Crippen LogP contribution in [-0.2, 0) is 38.1 Å². The fraction of sp³-hybridized carbons (Fsp3) is 0.862. The Hall–Kier alpha value is -2.24. The second-order valence-electron chi connectivity index (χ2n) is 13.0. The summed E-state index contributed by atoms with van der Waals surface area (Å²) in [6.07, 6.45) is 1.13. The number of hydrogen-bond acceptors (Lipinski definition) is 10. The minimum absolute atomic E-state index is 0.0899. The summed E-state index contributed by atoms with van der Waals surface area (Å²) in [5.41, 5.74) is -3.92. The predicted molar refractivity (Wildman–Crippen MR) is 140 cm³/mol. The lowest BCUT2D eigenvalue weighted by Crippen LogP contribution is -2.47. The molecule has 3 fully saturated rings. The van der Waals surface area contributed by atoms with Gasteiger partial charge >= 0.3 is 23.9 Å². The van der Waals surface area contributed by atoms with Crippen molar-refractivity contribution >= 4 is 23.9 Å². The van der Waals surface area contributed by atoms with Gasteiger partial charge in [0.2, 0.25) is 6.29 Å². The van der Waals surface area contributed by atoms with E-state index in [1.165, 1.54) is 0 Å². The number of carboxylic acids is 1. The predicted octanol–water partition coefficient (Wildman–Crippen LogP) is 2.83. The molecule has 0 radical (unpaired) electrons. The summed E-state index contributed by atoms with van der Waals surface area (Å²) >= 11 is 0. The van der Waals surface area contributed by atoms with E-state index in [1.807, 2.05) is 0 Å². The van der Waals surface area contributed by atoms with Crippen molar-refractivity contribution in [3.05, 3.63) is 0 Å². The lowest BCUT2D eigenvalue weighted by atomic mass is 9.65. The molecule has 2 aliphatic carbocycles. The molecule has 2 saturated carbocycles. The fourth-order valence-electron chi connectivity index (χ4n) is 6.79. The lowest BCUT2D eigenvalue weighted by molar-refractivity contribution is -0.198. The number of carbonyl (C=O) groups excluding carboxylic acids is 3. The molecule has 3 N–H and O–H groups in total. The van der Waals surface area contributed by atoms with E-state index < -0.39 is 77.1 Å². The topological polar surface area (TPSA) is 166 Å². The molecule has 0 aromatic carbocycles. The standard InChI is InChI=1S/C29H46O11/c1-6-28(4,24(33)34)16-29(5,26(36)38-12-10-30)15-27(2,3)25(35)40-22-18-13-17(21(22)31)14-19(18)23(32)39-20-9-7-8-11-37-20/h17-22,30-31H,6-16H2,1-5H3,(H,33,34). The van der Waals surface area contributed by atoms with Crippen molar-refractivity contribution in [3.63, 3.8) is 0 Å². The Balaban J connectivity index is 1.73. The van der Waals surface area contributed by atoms with Crippen LogP contribution in [0.1, 0.15) is 86.0 Å². The highest BCUT2D eigenvalue weighted by molar-refractivity contribution is 5.82. The van der Waals surface area contributed by atoms with Gasteiger partial charge in [-0.05, 0) is 78.6 Å². The highest BCUT2D eigenvalue weighted by Gasteiger charge is 2.58. The van der Waals surface area contributed by atoms with Gasteiger partial charge in [-0.25, -0.2) is 0 Å². The van der Waals surface area contributed by atoms with Crippen LogP contribution in [0.15, 0.2) is 0 Å². The van der Waals surface area contributed by atoms with Crippen LogP contribution < -0.4 is 0 Å². The molecule has 1 saturated heterocycles. The van der Waals surface area contributed by atoms with Crippen LogP contribution in [0.25, 0.3) is 0 Å². The van der Waals surface area contributed by atoms with Crippen LogP contribution in [0, 0.1) is 34.0 Å². The molecule has 3 rings (SSSR count). The van der Waals surface area contributed by atoms with Crippen LogP contribution in [0.5, 0.6) is 0 Å². The van der Waals surface area contributed by atoms with Crippen LogP contribution in [0.2, 0.25) is 0 Å². The van der Waals surface area contributed by atoms with E-state index in [4.69, 9.17) is 24.1 Å². The van der Waals surface area contributed by atoms with Gasteiger partial charge in [0.15, 0.2) is 0 Å². The summed E-state index contributed by atoms with van der Waals surface area (Å²) in [4.78, 5) is 51.7. The second-order valence-corrected chi connectivity index (χ2v) is 13.0. The van der Waals surface area contributed by atoms with Crippen molar-refractivity contribution in [1.29, 1.82) is 0 Å². The van der Waals surface area contributed by atoms with E-state index in [2.05, 4.69) is 0 Å². The molecule has 11 nitrogen and oxygen atoms in total. The first-order chi connectivity index (χ1) is 18.7. The SMILES string of the molecule is CCC(C)(CC(C)(CC(C)(C)C(=O)OC1C(O)C2CC(C(=O)OC3CCCCO3)C1C2)C(=O)OCCO)C(=O)O. The lowest BCUT2D eigenvalue weighted by Gasteiger charge is -2.40. The molecule has 0 amide bonds. The molecule has 40 heavy (non-hydrogen) atoms. The Morgan fingerprint density at radius 3 is 2.20 bits per heavy atom. The molecule has 2 bridgehead atoms. The molecule has 1 aliphatic heterocycles. The maximum Gasteiger partial charge on any atom is 0.311 e. The first kappa shape index (κ1) is 32.3. The number of fused-ring (bicyclic) bond motifs is 2. The Morgan fingerprint density at radius 1 is 0.950 bits per heavy atom. The second kappa shape index (κ2) is 12.7. The number of carboxylic acid groups (broad SMARTS) is 1. The van der Waals surface area contributed by atoms with Gasteiger partial charge in [-0.3, -0.25) is 19.2 Å². The number of carbonyl (C=O) groups is 4. The first-order valence-corrected chi connectivity index (χ1v) is 14.4. The Bertz CT molecular complexity index is 942. The first-order valence-electron chi connectivity index (χ1n) is 14.4. The van der Waals surface area contributed by atoms with Crippen molar-refractivity contribution < 1.29 is 53.4 Å². The third-order valence-electron chi connectivity index (χ3n) is 9.10. The number of aliphatic hydroxyl groups is 2. The van der Waals surface area contributed by atoms with Crippen molar-refractivity contribution in [1.82, 2.24) is 0 Å². The summed E-state index contributed by atoms with van der Waals surface area (Å²) in [5, 5.41) is 29.9. The zero-order valence-corrected chi connectivity index (χ0v) is 24.3. The third kappa shape index (κ3) is 6.97. The summed E-state index contributed by atoms with van der Waals surface area (Å²) in [5.74, 6) is -3.96.